The first-order valence-corrected chi connectivity index (χ1v) is 6.91. The highest BCUT2D eigenvalue weighted by atomic mass is 19.1. The molecule has 0 radical (unpaired) electrons. The van der Waals surface area contributed by atoms with Crippen molar-refractivity contribution in [2.24, 2.45) is 5.73 Å². The summed E-state index contributed by atoms with van der Waals surface area (Å²) in [4.78, 5) is 12.1. The quantitative estimate of drug-likeness (QED) is 0.887. The predicted molar refractivity (Wildman–Crippen MR) is 81.1 cm³/mol. The topological polar surface area (TPSA) is 55.1 Å². The van der Waals surface area contributed by atoms with Crippen LogP contribution in [-0.2, 0) is 11.2 Å². The Morgan fingerprint density at radius 2 is 1.76 bits per heavy atom. The zero-order valence-electron chi connectivity index (χ0n) is 11.9. The van der Waals surface area contributed by atoms with Crippen molar-refractivity contribution in [2.45, 2.75) is 25.4 Å². The molecular weight excluding hydrogens is 267 g/mol. The molecule has 0 aromatic heterocycles. The Morgan fingerprint density at radius 1 is 1.14 bits per heavy atom. The molecule has 0 aliphatic heterocycles. The molecule has 0 heterocycles. The zero-order valence-corrected chi connectivity index (χ0v) is 11.9. The van der Waals surface area contributed by atoms with Gasteiger partial charge in [-0.25, -0.2) is 4.39 Å². The Morgan fingerprint density at radius 3 is 2.38 bits per heavy atom. The molecule has 0 saturated carbocycles. The first-order valence-electron chi connectivity index (χ1n) is 6.91. The summed E-state index contributed by atoms with van der Waals surface area (Å²) >= 11 is 0. The van der Waals surface area contributed by atoms with Gasteiger partial charge in [0, 0.05) is 0 Å². The number of carbonyl (C=O) groups excluding carboxylic acids is 1. The molecule has 2 atom stereocenters. The van der Waals surface area contributed by atoms with Crippen molar-refractivity contribution in [3.63, 3.8) is 0 Å². The van der Waals surface area contributed by atoms with E-state index in [1.54, 1.807) is 12.1 Å². The molecule has 21 heavy (non-hydrogen) atoms. The van der Waals surface area contributed by atoms with Crippen molar-refractivity contribution in [3.05, 3.63) is 71.5 Å². The van der Waals surface area contributed by atoms with Crippen molar-refractivity contribution >= 4 is 5.91 Å². The number of rotatable bonds is 5. The molecule has 3 nitrogen and oxygen atoms in total. The van der Waals surface area contributed by atoms with Gasteiger partial charge in [-0.2, -0.15) is 0 Å². The largest absolute Gasteiger partial charge is 0.348 e. The van der Waals surface area contributed by atoms with Gasteiger partial charge >= 0.3 is 0 Å². The van der Waals surface area contributed by atoms with E-state index >= 15 is 0 Å². The van der Waals surface area contributed by atoms with Gasteiger partial charge in [-0.1, -0.05) is 42.5 Å². The lowest BCUT2D eigenvalue weighted by atomic mass is 10.0. The molecule has 0 aliphatic carbocycles. The molecule has 1 amide bonds. The Kier molecular flexibility index (Phi) is 5.06. The maximum atomic E-state index is 12.9. The first-order chi connectivity index (χ1) is 10.1. The van der Waals surface area contributed by atoms with Crippen LogP contribution < -0.4 is 11.1 Å². The summed E-state index contributed by atoms with van der Waals surface area (Å²) in [6.45, 7) is 1.85. The molecule has 0 saturated heterocycles. The molecule has 1 unspecified atom stereocenters. The highest BCUT2D eigenvalue weighted by Crippen LogP contribution is 2.13. The van der Waals surface area contributed by atoms with E-state index in [9.17, 15) is 9.18 Å². The third-order valence-electron chi connectivity index (χ3n) is 3.36. The summed E-state index contributed by atoms with van der Waals surface area (Å²) in [6.07, 6.45) is 0.489. The fourth-order valence-corrected chi connectivity index (χ4v) is 2.12. The molecule has 2 aromatic rings. The summed E-state index contributed by atoms with van der Waals surface area (Å²) in [6, 6.07) is 14.9. The number of nitrogens with two attached hydrogens (primary N) is 1. The molecule has 3 N–H and O–H groups in total. The van der Waals surface area contributed by atoms with Crippen LogP contribution in [0.4, 0.5) is 4.39 Å². The van der Waals surface area contributed by atoms with Crippen molar-refractivity contribution in [1.82, 2.24) is 5.32 Å². The number of amides is 1. The normalized spacial score (nSPS) is 13.5. The lowest BCUT2D eigenvalue weighted by Gasteiger charge is -2.18. The molecular formula is C17H19FN2O. The molecule has 0 spiro atoms. The van der Waals surface area contributed by atoms with Crippen LogP contribution in [0.25, 0.3) is 0 Å². The maximum absolute atomic E-state index is 12.9. The average molecular weight is 286 g/mol. The van der Waals surface area contributed by atoms with Crippen molar-refractivity contribution in [3.8, 4) is 0 Å². The third-order valence-corrected chi connectivity index (χ3v) is 3.36. The van der Waals surface area contributed by atoms with Crippen LogP contribution in [0, 0.1) is 5.82 Å². The molecule has 2 aromatic carbocycles. The van der Waals surface area contributed by atoms with Crippen LogP contribution in [0.2, 0.25) is 0 Å². The highest BCUT2D eigenvalue weighted by Gasteiger charge is 2.17. The SMILES string of the molecule is CC(NC(=O)[C@H](N)Cc1ccccc1)c1ccc(F)cc1. The van der Waals surface area contributed by atoms with Gasteiger partial charge in [-0.3, -0.25) is 4.79 Å². The van der Waals surface area contributed by atoms with Crippen molar-refractivity contribution in [1.29, 1.82) is 0 Å². The van der Waals surface area contributed by atoms with Crippen LogP contribution in [0.15, 0.2) is 54.6 Å². The number of halogens is 1. The Labute approximate surface area is 124 Å². The standard InChI is InChI=1S/C17H19FN2O/c1-12(14-7-9-15(18)10-8-14)20-17(21)16(19)11-13-5-3-2-4-6-13/h2-10,12,16H,11,19H2,1H3,(H,20,21)/t12?,16-/m1/s1. The summed E-state index contributed by atoms with van der Waals surface area (Å²) in [5, 5.41) is 2.85. The summed E-state index contributed by atoms with van der Waals surface area (Å²) in [7, 11) is 0. The summed E-state index contributed by atoms with van der Waals surface area (Å²) in [5.41, 5.74) is 7.79. The maximum Gasteiger partial charge on any atom is 0.237 e. The Hall–Kier alpha value is -2.20. The molecule has 0 bridgehead atoms. The van der Waals surface area contributed by atoms with Gasteiger partial charge in [-0.05, 0) is 36.6 Å². The smallest absolute Gasteiger partial charge is 0.237 e. The van der Waals surface area contributed by atoms with Gasteiger partial charge < -0.3 is 11.1 Å². The second-order valence-electron chi connectivity index (χ2n) is 5.08. The van der Waals surface area contributed by atoms with Gasteiger partial charge in [0.1, 0.15) is 5.82 Å². The van der Waals surface area contributed by atoms with E-state index < -0.39 is 6.04 Å². The molecule has 0 aliphatic rings. The molecule has 0 fully saturated rings. The second kappa shape index (κ2) is 6.99. The fraction of sp³-hybridized carbons (Fsp3) is 0.235. The first kappa shape index (κ1) is 15.2. The molecule has 4 heteroatoms. The predicted octanol–water partition coefficient (Wildman–Crippen LogP) is 2.57. The van der Waals surface area contributed by atoms with Crippen LogP contribution in [-0.4, -0.2) is 11.9 Å². The zero-order chi connectivity index (χ0) is 15.2. The summed E-state index contributed by atoms with van der Waals surface area (Å²) in [5.74, 6) is -0.506. The van der Waals surface area contributed by atoms with Gasteiger partial charge in [0.25, 0.3) is 0 Å². The average Bonchev–Trinajstić information content (AvgIpc) is 2.48. The van der Waals surface area contributed by atoms with E-state index in [2.05, 4.69) is 5.32 Å². The lowest BCUT2D eigenvalue weighted by molar-refractivity contribution is -0.123. The van der Waals surface area contributed by atoms with E-state index in [1.165, 1.54) is 12.1 Å². The van der Waals surface area contributed by atoms with Crippen LogP contribution >= 0.6 is 0 Å². The fourth-order valence-electron chi connectivity index (χ4n) is 2.12. The van der Waals surface area contributed by atoms with Crippen molar-refractivity contribution < 1.29 is 9.18 Å². The number of hydrogen-bond acceptors (Lipinski definition) is 2. The number of hydrogen-bond donors (Lipinski definition) is 2. The van der Waals surface area contributed by atoms with E-state index in [0.29, 0.717) is 6.42 Å². The minimum atomic E-state index is -0.602. The molecule has 110 valence electrons. The third kappa shape index (κ3) is 4.39. The van der Waals surface area contributed by atoms with Gasteiger partial charge in [0.15, 0.2) is 0 Å². The van der Waals surface area contributed by atoms with Crippen LogP contribution in [0.5, 0.6) is 0 Å². The van der Waals surface area contributed by atoms with Crippen LogP contribution in [0.1, 0.15) is 24.1 Å². The van der Waals surface area contributed by atoms with E-state index in [4.69, 9.17) is 5.73 Å². The monoisotopic (exact) mass is 286 g/mol. The van der Waals surface area contributed by atoms with E-state index in [0.717, 1.165) is 11.1 Å². The molecule has 2 rings (SSSR count). The summed E-state index contributed by atoms with van der Waals surface area (Å²) < 4.78 is 12.9. The van der Waals surface area contributed by atoms with E-state index in [1.807, 2.05) is 37.3 Å². The van der Waals surface area contributed by atoms with Gasteiger partial charge in [0.05, 0.1) is 12.1 Å². The van der Waals surface area contributed by atoms with Gasteiger partial charge in [-0.15, -0.1) is 0 Å². The number of nitrogens with one attached hydrogen (secondary N) is 1. The van der Waals surface area contributed by atoms with Crippen molar-refractivity contribution in [2.75, 3.05) is 0 Å². The number of benzene rings is 2. The van der Waals surface area contributed by atoms with Gasteiger partial charge in [0.2, 0.25) is 5.91 Å². The van der Waals surface area contributed by atoms with Crippen LogP contribution in [0.3, 0.4) is 0 Å². The second-order valence-corrected chi connectivity index (χ2v) is 5.08. The number of carbonyl (C=O) groups is 1. The highest BCUT2D eigenvalue weighted by molar-refractivity contribution is 5.82. The Bertz CT molecular complexity index is 583. The van der Waals surface area contributed by atoms with E-state index in [-0.39, 0.29) is 17.8 Å². The lowest BCUT2D eigenvalue weighted by Crippen LogP contribution is -2.42. The minimum absolute atomic E-state index is 0.208. The minimum Gasteiger partial charge on any atom is -0.348 e. The Balaban J connectivity index is 1.92.